The van der Waals surface area contributed by atoms with Gasteiger partial charge in [0, 0.05) is 43.7 Å². The van der Waals surface area contributed by atoms with Gasteiger partial charge >= 0.3 is 11.9 Å². The van der Waals surface area contributed by atoms with Crippen molar-refractivity contribution >= 4 is 32.9 Å². The van der Waals surface area contributed by atoms with Gasteiger partial charge in [-0.3, -0.25) is 4.90 Å². The molecule has 1 fully saturated rings. The molecule has 0 radical (unpaired) electrons. The second kappa shape index (κ2) is 10.00. The van der Waals surface area contributed by atoms with E-state index in [2.05, 4.69) is 4.90 Å². The van der Waals surface area contributed by atoms with E-state index in [0.29, 0.717) is 25.2 Å². The Bertz CT molecular complexity index is 1290. The van der Waals surface area contributed by atoms with Gasteiger partial charge in [0.15, 0.2) is 0 Å². The van der Waals surface area contributed by atoms with Gasteiger partial charge in [-0.25, -0.2) is 18.0 Å². The van der Waals surface area contributed by atoms with Crippen molar-refractivity contribution in [3.05, 3.63) is 53.5 Å². The maximum absolute atomic E-state index is 13.0. The predicted molar refractivity (Wildman–Crippen MR) is 121 cm³/mol. The smallest absolute Gasteiger partial charge is 0.374 e. The molecule has 182 valence electrons. The van der Waals surface area contributed by atoms with Crippen LogP contribution in [0.2, 0.25) is 0 Å². The molecule has 0 saturated carbocycles. The lowest BCUT2D eigenvalue weighted by Crippen LogP contribution is -2.48. The number of rotatable bonds is 8. The Kier molecular flexibility index (Phi) is 7.05. The molecular weight excluding hydrogens is 464 g/mol. The van der Waals surface area contributed by atoms with E-state index in [0.717, 1.165) is 10.9 Å². The van der Waals surface area contributed by atoms with Crippen molar-refractivity contribution in [2.24, 2.45) is 0 Å². The Balaban J connectivity index is 1.47. The molecule has 0 atom stereocenters. The molecule has 34 heavy (non-hydrogen) atoms. The minimum absolute atomic E-state index is 0.155. The number of esters is 2. The summed E-state index contributed by atoms with van der Waals surface area (Å²) < 4.78 is 48.3. The van der Waals surface area contributed by atoms with Crippen LogP contribution < -0.4 is 0 Å². The SMILES string of the molecule is CCOC(=O)c1ccc(S(=O)(=O)N2CCN(Cc3c(C(=O)OCC)oc4ccccc34)CC2)o1. The lowest BCUT2D eigenvalue weighted by molar-refractivity contribution is 0.0477. The Hall–Kier alpha value is -3.15. The van der Waals surface area contributed by atoms with Crippen molar-refractivity contribution in [3.63, 3.8) is 0 Å². The molecule has 0 N–H and O–H groups in total. The number of hydrogen-bond donors (Lipinski definition) is 0. The van der Waals surface area contributed by atoms with Gasteiger partial charge in [0.1, 0.15) is 5.58 Å². The summed E-state index contributed by atoms with van der Waals surface area (Å²) in [5.41, 5.74) is 1.31. The summed E-state index contributed by atoms with van der Waals surface area (Å²) in [4.78, 5) is 26.3. The average molecular weight is 491 g/mol. The van der Waals surface area contributed by atoms with Crippen molar-refractivity contribution in [1.29, 1.82) is 0 Å². The van der Waals surface area contributed by atoms with Crippen LogP contribution in [0.5, 0.6) is 0 Å². The van der Waals surface area contributed by atoms with E-state index in [1.165, 1.54) is 16.4 Å². The molecule has 3 heterocycles. The van der Waals surface area contributed by atoms with E-state index in [1.54, 1.807) is 19.9 Å². The summed E-state index contributed by atoms with van der Waals surface area (Å²) in [5, 5.41) is 0.525. The van der Waals surface area contributed by atoms with Gasteiger partial charge in [-0.05, 0) is 32.0 Å². The predicted octanol–water partition coefficient (Wildman–Crippen LogP) is 2.89. The highest BCUT2D eigenvalue weighted by Gasteiger charge is 2.33. The topological polar surface area (TPSA) is 120 Å². The number of carbonyl (C=O) groups excluding carboxylic acids is 2. The van der Waals surface area contributed by atoms with Crippen molar-refractivity contribution in [2.45, 2.75) is 25.5 Å². The quantitative estimate of drug-likeness (QED) is 0.439. The van der Waals surface area contributed by atoms with E-state index in [9.17, 15) is 18.0 Å². The number of fused-ring (bicyclic) bond motifs is 1. The van der Waals surface area contributed by atoms with Crippen molar-refractivity contribution in [1.82, 2.24) is 9.21 Å². The molecule has 11 heteroatoms. The standard InChI is InChI=1S/C23H26N2O8S/c1-3-30-22(26)19-9-10-20(32-19)34(28,29)25-13-11-24(12-14-25)15-17-16-7-5-6-8-18(16)33-21(17)23(27)31-4-2/h5-10H,3-4,11-15H2,1-2H3. The molecule has 10 nitrogen and oxygen atoms in total. The summed E-state index contributed by atoms with van der Waals surface area (Å²) in [6.07, 6.45) is 0. The molecule has 0 amide bonds. The van der Waals surface area contributed by atoms with Gasteiger partial charge in [0.2, 0.25) is 16.6 Å². The van der Waals surface area contributed by atoms with Gasteiger partial charge in [-0.1, -0.05) is 18.2 Å². The molecular formula is C23H26N2O8S. The average Bonchev–Trinajstić information content (AvgIpc) is 3.46. The highest BCUT2D eigenvalue weighted by atomic mass is 32.2. The van der Waals surface area contributed by atoms with E-state index < -0.39 is 22.0 Å². The van der Waals surface area contributed by atoms with Crippen molar-refractivity contribution in [3.8, 4) is 0 Å². The number of carbonyl (C=O) groups is 2. The first-order valence-electron chi connectivity index (χ1n) is 11.0. The lowest BCUT2D eigenvalue weighted by Gasteiger charge is -2.33. The number of nitrogens with zero attached hydrogens (tertiary/aromatic N) is 2. The summed E-state index contributed by atoms with van der Waals surface area (Å²) in [5.74, 6) is -1.22. The van der Waals surface area contributed by atoms with Crippen LogP contribution in [0, 0.1) is 0 Å². The highest BCUT2D eigenvalue weighted by Crippen LogP contribution is 2.29. The van der Waals surface area contributed by atoms with Gasteiger partial charge in [-0.15, -0.1) is 0 Å². The minimum atomic E-state index is -3.90. The summed E-state index contributed by atoms with van der Waals surface area (Å²) in [6, 6.07) is 9.93. The van der Waals surface area contributed by atoms with Crippen molar-refractivity contribution in [2.75, 3.05) is 39.4 Å². The number of para-hydroxylation sites is 1. The summed E-state index contributed by atoms with van der Waals surface area (Å²) in [6.45, 7) is 5.51. The van der Waals surface area contributed by atoms with Gasteiger partial charge < -0.3 is 18.3 Å². The fourth-order valence-electron chi connectivity index (χ4n) is 3.87. The van der Waals surface area contributed by atoms with Crippen molar-refractivity contribution < 1.29 is 36.3 Å². The minimum Gasteiger partial charge on any atom is -0.460 e. The largest absolute Gasteiger partial charge is 0.460 e. The van der Waals surface area contributed by atoms with Gasteiger partial charge in [0.25, 0.3) is 10.0 Å². The normalized spacial score (nSPS) is 15.5. The third-order valence-corrected chi connectivity index (χ3v) is 7.30. The van der Waals surface area contributed by atoms with Crippen LogP contribution in [-0.2, 0) is 26.0 Å². The Morgan fingerprint density at radius 2 is 1.59 bits per heavy atom. The van der Waals surface area contributed by atoms with E-state index >= 15 is 0 Å². The number of ether oxygens (including phenoxy) is 2. The maximum atomic E-state index is 13.0. The van der Waals surface area contributed by atoms with Gasteiger partial charge in [0.05, 0.1) is 13.2 Å². The number of hydrogen-bond acceptors (Lipinski definition) is 9. The zero-order valence-electron chi connectivity index (χ0n) is 19.0. The zero-order chi connectivity index (χ0) is 24.3. The molecule has 4 rings (SSSR count). The molecule has 1 saturated heterocycles. The fraction of sp³-hybridized carbons (Fsp3) is 0.391. The second-order valence-electron chi connectivity index (χ2n) is 7.65. The zero-order valence-corrected chi connectivity index (χ0v) is 19.8. The number of furan rings is 2. The molecule has 1 aliphatic rings. The molecule has 3 aromatic rings. The third kappa shape index (κ3) is 4.72. The van der Waals surface area contributed by atoms with E-state index in [1.807, 2.05) is 18.2 Å². The first-order chi connectivity index (χ1) is 16.3. The Morgan fingerprint density at radius 3 is 2.29 bits per heavy atom. The molecule has 2 aromatic heterocycles. The molecule has 0 unspecified atom stereocenters. The maximum Gasteiger partial charge on any atom is 0.374 e. The second-order valence-corrected chi connectivity index (χ2v) is 9.51. The van der Waals surface area contributed by atoms with Crippen LogP contribution in [-0.4, -0.2) is 69.0 Å². The highest BCUT2D eigenvalue weighted by molar-refractivity contribution is 7.89. The number of piperazine rings is 1. The molecule has 0 bridgehead atoms. The first-order valence-corrected chi connectivity index (χ1v) is 12.5. The number of benzene rings is 1. The van der Waals surface area contributed by atoms with Crippen LogP contribution in [0.1, 0.15) is 40.5 Å². The van der Waals surface area contributed by atoms with Crippen LogP contribution in [0.15, 0.2) is 50.3 Å². The van der Waals surface area contributed by atoms with E-state index in [-0.39, 0.29) is 42.9 Å². The third-order valence-electron chi connectivity index (χ3n) is 5.52. The Labute approximate surface area is 197 Å². The molecule has 1 aliphatic heterocycles. The Morgan fingerprint density at radius 1 is 0.912 bits per heavy atom. The summed E-state index contributed by atoms with van der Waals surface area (Å²) >= 11 is 0. The van der Waals surface area contributed by atoms with Crippen LogP contribution in [0.4, 0.5) is 0 Å². The molecule has 1 aromatic carbocycles. The van der Waals surface area contributed by atoms with E-state index in [4.69, 9.17) is 18.3 Å². The fourth-order valence-corrected chi connectivity index (χ4v) is 5.20. The van der Waals surface area contributed by atoms with Crippen LogP contribution in [0.3, 0.4) is 0 Å². The molecule has 0 spiro atoms. The van der Waals surface area contributed by atoms with Crippen LogP contribution >= 0.6 is 0 Å². The summed E-state index contributed by atoms with van der Waals surface area (Å²) in [7, 11) is -3.90. The van der Waals surface area contributed by atoms with Gasteiger partial charge in [-0.2, -0.15) is 4.31 Å². The monoisotopic (exact) mass is 490 g/mol. The number of sulfonamides is 1. The first kappa shape index (κ1) is 24.0. The lowest BCUT2D eigenvalue weighted by atomic mass is 10.1. The molecule has 0 aliphatic carbocycles. The van der Waals surface area contributed by atoms with Crippen LogP contribution in [0.25, 0.3) is 11.0 Å².